The largest absolute Gasteiger partial charge is 0.463 e. The Kier molecular flexibility index (Phi) is 4.80. The van der Waals surface area contributed by atoms with Gasteiger partial charge in [0, 0.05) is 6.54 Å². The summed E-state index contributed by atoms with van der Waals surface area (Å²) in [5, 5.41) is 0. The van der Waals surface area contributed by atoms with Crippen LogP contribution in [0.3, 0.4) is 0 Å². The molecule has 1 aromatic carbocycles. The Hall–Kier alpha value is -1.39. The molecule has 0 radical (unpaired) electrons. The van der Waals surface area contributed by atoms with E-state index in [-0.39, 0.29) is 6.61 Å². The van der Waals surface area contributed by atoms with Gasteiger partial charge in [-0.15, -0.1) is 0 Å². The Morgan fingerprint density at radius 2 is 2.00 bits per heavy atom. The molecular formula is C11H16N2O2. The summed E-state index contributed by atoms with van der Waals surface area (Å²) in [5.41, 5.74) is 11.9. The maximum absolute atomic E-state index is 11.3. The highest BCUT2D eigenvalue weighted by atomic mass is 16.5. The zero-order chi connectivity index (χ0) is 11.1. The first-order chi connectivity index (χ1) is 7.24. The average Bonchev–Trinajstić information content (AvgIpc) is 2.27. The smallest absolute Gasteiger partial charge is 0.323 e. The van der Waals surface area contributed by atoms with Crippen LogP contribution in [-0.2, 0) is 16.0 Å². The number of esters is 1. The topological polar surface area (TPSA) is 78.3 Å². The summed E-state index contributed by atoms with van der Waals surface area (Å²) >= 11 is 0. The molecule has 0 spiro atoms. The van der Waals surface area contributed by atoms with Gasteiger partial charge in [0.1, 0.15) is 12.6 Å². The van der Waals surface area contributed by atoms with Crippen LogP contribution in [0.15, 0.2) is 30.3 Å². The van der Waals surface area contributed by atoms with Crippen LogP contribution in [0.5, 0.6) is 0 Å². The fraction of sp³-hybridized carbons (Fsp3) is 0.364. The lowest BCUT2D eigenvalue weighted by Gasteiger charge is -2.10. The van der Waals surface area contributed by atoms with Gasteiger partial charge in [0.2, 0.25) is 0 Å². The summed E-state index contributed by atoms with van der Waals surface area (Å²) in [4.78, 5) is 11.3. The van der Waals surface area contributed by atoms with Gasteiger partial charge in [0.15, 0.2) is 0 Å². The molecule has 0 saturated heterocycles. The molecule has 1 atom stereocenters. The monoisotopic (exact) mass is 208 g/mol. The number of hydrogen-bond donors (Lipinski definition) is 2. The minimum absolute atomic E-state index is 0.224. The van der Waals surface area contributed by atoms with E-state index in [4.69, 9.17) is 16.2 Å². The third-order valence-corrected chi connectivity index (χ3v) is 1.96. The molecule has 0 bridgehead atoms. The van der Waals surface area contributed by atoms with Gasteiger partial charge >= 0.3 is 5.97 Å². The first-order valence-electron chi connectivity index (χ1n) is 4.90. The van der Waals surface area contributed by atoms with Crippen molar-refractivity contribution < 1.29 is 9.53 Å². The molecule has 4 N–H and O–H groups in total. The van der Waals surface area contributed by atoms with Crippen molar-refractivity contribution in [3.63, 3.8) is 0 Å². The van der Waals surface area contributed by atoms with Gasteiger partial charge in [-0.05, 0) is 12.0 Å². The van der Waals surface area contributed by atoms with Crippen LogP contribution in [0.4, 0.5) is 0 Å². The second-order valence-electron chi connectivity index (χ2n) is 3.25. The standard InChI is InChI=1S/C11H16N2O2/c12-6-7-15-11(14)10(13)8-9-4-2-1-3-5-9/h1-5,10H,6-8,12-13H2. The van der Waals surface area contributed by atoms with Crippen molar-refractivity contribution in [2.24, 2.45) is 11.5 Å². The molecule has 0 heterocycles. The predicted molar refractivity (Wildman–Crippen MR) is 58.1 cm³/mol. The van der Waals surface area contributed by atoms with Crippen molar-refractivity contribution in [1.82, 2.24) is 0 Å². The molecule has 0 saturated carbocycles. The Bertz CT molecular complexity index is 301. The number of benzene rings is 1. The van der Waals surface area contributed by atoms with Crippen LogP contribution in [-0.4, -0.2) is 25.2 Å². The van der Waals surface area contributed by atoms with E-state index in [9.17, 15) is 4.79 Å². The molecule has 0 aliphatic rings. The lowest BCUT2D eigenvalue weighted by molar-refractivity contribution is -0.144. The summed E-state index contributed by atoms with van der Waals surface area (Å²) < 4.78 is 4.84. The van der Waals surface area contributed by atoms with Gasteiger partial charge in [-0.1, -0.05) is 30.3 Å². The van der Waals surface area contributed by atoms with E-state index in [1.165, 1.54) is 0 Å². The summed E-state index contributed by atoms with van der Waals surface area (Å²) in [6, 6.07) is 8.98. The van der Waals surface area contributed by atoms with E-state index in [2.05, 4.69) is 0 Å². The summed E-state index contributed by atoms with van der Waals surface area (Å²) in [7, 11) is 0. The molecule has 4 nitrogen and oxygen atoms in total. The molecule has 0 fully saturated rings. The fourth-order valence-electron chi connectivity index (χ4n) is 1.22. The number of hydrogen-bond acceptors (Lipinski definition) is 4. The third-order valence-electron chi connectivity index (χ3n) is 1.96. The number of carbonyl (C=O) groups is 1. The summed E-state index contributed by atoms with van der Waals surface area (Å²) in [5.74, 6) is -0.399. The lowest BCUT2D eigenvalue weighted by Crippen LogP contribution is -2.35. The maximum Gasteiger partial charge on any atom is 0.323 e. The zero-order valence-electron chi connectivity index (χ0n) is 8.56. The van der Waals surface area contributed by atoms with E-state index in [1.54, 1.807) is 0 Å². The van der Waals surface area contributed by atoms with Gasteiger partial charge < -0.3 is 16.2 Å². The van der Waals surface area contributed by atoms with Crippen LogP contribution >= 0.6 is 0 Å². The molecule has 1 rings (SSSR count). The van der Waals surface area contributed by atoms with Gasteiger partial charge in [0.05, 0.1) is 0 Å². The molecule has 0 aromatic heterocycles. The maximum atomic E-state index is 11.3. The van der Waals surface area contributed by atoms with E-state index in [1.807, 2.05) is 30.3 Å². The predicted octanol–water partition coefficient (Wildman–Crippen LogP) is 0.0583. The summed E-state index contributed by atoms with van der Waals surface area (Å²) in [6.45, 7) is 0.547. The highest BCUT2D eigenvalue weighted by molar-refractivity contribution is 5.75. The van der Waals surface area contributed by atoms with Crippen molar-refractivity contribution in [1.29, 1.82) is 0 Å². The zero-order valence-corrected chi connectivity index (χ0v) is 8.56. The van der Waals surface area contributed by atoms with Crippen LogP contribution < -0.4 is 11.5 Å². The fourth-order valence-corrected chi connectivity index (χ4v) is 1.22. The number of ether oxygens (including phenoxy) is 1. The van der Waals surface area contributed by atoms with Crippen molar-refractivity contribution in [3.8, 4) is 0 Å². The SMILES string of the molecule is NCCOC(=O)C(N)Cc1ccccc1. The molecule has 82 valence electrons. The third kappa shape index (κ3) is 4.10. The van der Waals surface area contributed by atoms with Gasteiger partial charge in [-0.25, -0.2) is 0 Å². The number of carbonyl (C=O) groups excluding carboxylic acids is 1. The van der Waals surface area contributed by atoms with E-state index in [0.717, 1.165) is 5.56 Å². The van der Waals surface area contributed by atoms with E-state index < -0.39 is 12.0 Å². The van der Waals surface area contributed by atoms with Gasteiger partial charge in [0.25, 0.3) is 0 Å². The highest BCUT2D eigenvalue weighted by Crippen LogP contribution is 2.02. The van der Waals surface area contributed by atoms with Gasteiger partial charge in [-0.2, -0.15) is 0 Å². The van der Waals surface area contributed by atoms with Crippen LogP contribution in [0.2, 0.25) is 0 Å². The average molecular weight is 208 g/mol. The minimum Gasteiger partial charge on any atom is -0.463 e. The lowest BCUT2D eigenvalue weighted by atomic mass is 10.1. The first kappa shape index (κ1) is 11.7. The molecule has 0 aliphatic carbocycles. The Morgan fingerprint density at radius 1 is 1.33 bits per heavy atom. The van der Waals surface area contributed by atoms with Crippen molar-refractivity contribution in [2.45, 2.75) is 12.5 Å². The second-order valence-corrected chi connectivity index (χ2v) is 3.25. The van der Waals surface area contributed by atoms with Crippen molar-refractivity contribution in [2.75, 3.05) is 13.2 Å². The molecule has 0 amide bonds. The number of rotatable bonds is 5. The van der Waals surface area contributed by atoms with E-state index in [0.29, 0.717) is 13.0 Å². The highest BCUT2D eigenvalue weighted by Gasteiger charge is 2.14. The normalized spacial score (nSPS) is 12.1. The van der Waals surface area contributed by atoms with Gasteiger partial charge in [-0.3, -0.25) is 4.79 Å². The molecule has 0 aliphatic heterocycles. The first-order valence-corrected chi connectivity index (χ1v) is 4.90. The Morgan fingerprint density at radius 3 is 2.60 bits per heavy atom. The van der Waals surface area contributed by atoms with Crippen LogP contribution in [0, 0.1) is 0 Å². The van der Waals surface area contributed by atoms with Crippen molar-refractivity contribution in [3.05, 3.63) is 35.9 Å². The molecule has 1 aromatic rings. The van der Waals surface area contributed by atoms with Crippen molar-refractivity contribution >= 4 is 5.97 Å². The molecule has 4 heteroatoms. The number of nitrogens with two attached hydrogens (primary N) is 2. The Labute approximate surface area is 89.2 Å². The quantitative estimate of drug-likeness (QED) is 0.671. The minimum atomic E-state index is -0.612. The molecular weight excluding hydrogens is 192 g/mol. The van der Waals surface area contributed by atoms with Crippen LogP contribution in [0.1, 0.15) is 5.56 Å². The second kappa shape index (κ2) is 6.16. The van der Waals surface area contributed by atoms with E-state index >= 15 is 0 Å². The molecule has 1 unspecified atom stereocenters. The molecule has 15 heavy (non-hydrogen) atoms. The Balaban J connectivity index is 2.41. The van der Waals surface area contributed by atoms with Crippen LogP contribution in [0.25, 0.3) is 0 Å². The summed E-state index contributed by atoms with van der Waals surface area (Å²) in [6.07, 6.45) is 0.490.